The van der Waals surface area contributed by atoms with Crippen molar-refractivity contribution >= 4 is 26.8 Å². The molecule has 0 amide bonds. The van der Waals surface area contributed by atoms with Gasteiger partial charge in [0.05, 0.1) is 16.9 Å². The maximum Gasteiger partial charge on any atom is 0.261 e. The molecule has 1 aromatic heterocycles. The highest BCUT2D eigenvalue weighted by atomic mass is 79.9. The first-order valence-corrected chi connectivity index (χ1v) is 10.9. The van der Waals surface area contributed by atoms with Crippen LogP contribution in [0.3, 0.4) is 0 Å². The summed E-state index contributed by atoms with van der Waals surface area (Å²) in [4.78, 5) is 23.1. The third kappa shape index (κ3) is 4.44. The van der Waals surface area contributed by atoms with E-state index in [1.54, 1.807) is 0 Å². The number of nitrogens with zero attached hydrogens (tertiary/aromatic N) is 4. The summed E-state index contributed by atoms with van der Waals surface area (Å²) in [5.41, 5.74) is 0.865. The lowest BCUT2D eigenvalue weighted by Gasteiger charge is -2.32. The molecule has 0 N–H and O–H groups in total. The molecule has 3 rings (SSSR count). The molecule has 0 aliphatic carbocycles. The number of hydrogen-bond acceptors (Lipinski definition) is 4. The van der Waals surface area contributed by atoms with Gasteiger partial charge in [0.2, 0.25) is 0 Å². The normalized spacial score (nSPS) is 20.7. The minimum Gasteiger partial charge on any atom is -0.305 e. The smallest absolute Gasteiger partial charge is 0.261 e. The Labute approximate surface area is 170 Å². The van der Waals surface area contributed by atoms with Crippen LogP contribution in [-0.2, 0) is 6.54 Å². The first-order valence-electron chi connectivity index (χ1n) is 10.1. The molecule has 0 radical (unpaired) electrons. The third-order valence-corrected chi connectivity index (χ3v) is 5.99. The van der Waals surface area contributed by atoms with Crippen LogP contribution >= 0.6 is 15.9 Å². The van der Waals surface area contributed by atoms with Gasteiger partial charge in [-0.25, -0.2) is 4.98 Å². The molecule has 1 fully saturated rings. The fraction of sp³-hybridized carbons (Fsp3) is 0.619. The summed E-state index contributed by atoms with van der Waals surface area (Å²) in [6, 6.07) is 5.99. The minimum atomic E-state index is 0.0693. The summed E-state index contributed by atoms with van der Waals surface area (Å²) in [7, 11) is 2.20. The van der Waals surface area contributed by atoms with Crippen molar-refractivity contribution in [1.29, 1.82) is 0 Å². The van der Waals surface area contributed by atoms with Gasteiger partial charge < -0.3 is 4.90 Å². The Morgan fingerprint density at radius 3 is 2.74 bits per heavy atom. The van der Waals surface area contributed by atoms with E-state index in [-0.39, 0.29) is 11.6 Å². The Morgan fingerprint density at radius 1 is 1.26 bits per heavy atom. The van der Waals surface area contributed by atoms with Gasteiger partial charge in [0.15, 0.2) is 0 Å². The van der Waals surface area contributed by atoms with Crippen LogP contribution in [0.4, 0.5) is 0 Å². The van der Waals surface area contributed by atoms with Crippen LogP contribution in [0.15, 0.2) is 27.5 Å². The molecule has 2 aromatic rings. The Morgan fingerprint density at radius 2 is 2.04 bits per heavy atom. The fourth-order valence-corrected chi connectivity index (χ4v) is 4.63. The van der Waals surface area contributed by atoms with Gasteiger partial charge in [-0.1, -0.05) is 36.2 Å². The molecular weight excluding hydrogens is 404 g/mol. The first kappa shape index (κ1) is 20.5. The number of hydrogen-bond donors (Lipinski definition) is 0. The number of halogens is 1. The molecule has 1 aliphatic rings. The number of likely N-dealkylation sites (N-methyl/N-ethyl adjacent to an activating group) is 1. The Kier molecular flexibility index (Phi) is 6.71. The van der Waals surface area contributed by atoms with Crippen LogP contribution < -0.4 is 5.56 Å². The number of rotatable bonds is 5. The zero-order valence-electron chi connectivity index (χ0n) is 16.9. The van der Waals surface area contributed by atoms with E-state index in [0.717, 1.165) is 54.8 Å². The quantitative estimate of drug-likeness (QED) is 0.715. The first-order chi connectivity index (χ1) is 12.9. The van der Waals surface area contributed by atoms with Crippen molar-refractivity contribution in [2.24, 2.45) is 5.92 Å². The summed E-state index contributed by atoms with van der Waals surface area (Å²) in [5.74, 6) is 1.53. The SMILES string of the molecule is CCC[C@@H](c1nc2ccc(Br)cc2c(=O)n1CC)N1CCN(C)C[C@@H](C)C1. The van der Waals surface area contributed by atoms with Gasteiger partial charge in [0, 0.05) is 37.2 Å². The van der Waals surface area contributed by atoms with Gasteiger partial charge in [-0.2, -0.15) is 0 Å². The second-order valence-electron chi connectivity index (χ2n) is 7.85. The predicted octanol–water partition coefficient (Wildman–Crippen LogP) is 3.90. The van der Waals surface area contributed by atoms with Crippen LogP contribution in [0.25, 0.3) is 10.9 Å². The van der Waals surface area contributed by atoms with Crippen molar-refractivity contribution in [2.45, 2.75) is 46.2 Å². The molecule has 1 saturated heterocycles. The minimum absolute atomic E-state index is 0.0693. The molecule has 2 atom stereocenters. The zero-order valence-corrected chi connectivity index (χ0v) is 18.5. The van der Waals surface area contributed by atoms with Gasteiger partial charge in [-0.15, -0.1) is 0 Å². The molecule has 0 spiro atoms. The maximum absolute atomic E-state index is 13.2. The van der Waals surface area contributed by atoms with Crippen molar-refractivity contribution in [1.82, 2.24) is 19.4 Å². The van der Waals surface area contributed by atoms with Gasteiger partial charge in [0.1, 0.15) is 5.82 Å². The van der Waals surface area contributed by atoms with E-state index in [4.69, 9.17) is 4.98 Å². The summed E-state index contributed by atoms with van der Waals surface area (Å²) in [6.45, 7) is 11.5. The van der Waals surface area contributed by atoms with Gasteiger partial charge >= 0.3 is 0 Å². The van der Waals surface area contributed by atoms with Crippen LogP contribution in [0, 0.1) is 5.92 Å². The fourth-order valence-electron chi connectivity index (χ4n) is 4.27. The average Bonchev–Trinajstić information content (AvgIpc) is 2.80. The van der Waals surface area contributed by atoms with E-state index in [1.807, 2.05) is 29.7 Å². The highest BCUT2D eigenvalue weighted by Gasteiger charge is 2.28. The molecule has 5 nitrogen and oxygen atoms in total. The molecule has 27 heavy (non-hydrogen) atoms. The molecule has 1 aromatic carbocycles. The maximum atomic E-state index is 13.2. The standard InChI is InChI=1S/C21H31BrN4O/c1-5-7-19(25-11-10-24(4)13-15(3)14-25)20-23-18-9-8-16(22)12-17(18)21(27)26(20)6-2/h8-9,12,15,19H,5-7,10-11,13-14H2,1-4H3/t15-,19+/m1/s1. The van der Waals surface area contributed by atoms with Crippen LogP contribution in [-0.4, -0.2) is 52.6 Å². The second-order valence-corrected chi connectivity index (χ2v) is 8.76. The third-order valence-electron chi connectivity index (χ3n) is 5.50. The second kappa shape index (κ2) is 8.84. The average molecular weight is 435 g/mol. The largest absolute Gasteiger partial charge is 0.305 e. The van der Waals surface area contributed by atoms with E-state index < -0.39 is 0 Å². The van der Waals surface area contributed by atoms with E-state index in [9.17, 15) is 4.79 Å². The lowest BCUT2D eigenvalue weighted by atomic mass is 10.1. The lowest BCUT2D eigenvalue weighted by Crippen LogP contribution is -2.38. The Balaban J connectivity index is 2.10. The van der Waals surface area contributed by atoms with Gasteiger partial charge in [-0.3, -0.25) is 14.3 Å². The van der Waals surface area contributed by atoms with E-state index in [2.05, 4.69) is 46.6 Å². The van der Waals surface area contributed by atoms with E-state index in [0.29, 0.717) is 17.8 Å². The van der Waals surface area contributed by atoms with Crippen molar-refractivity contribution in [3.8, 4) is 0 Å². The molecule has 0 bridgehead atoms. The molecule has 6 heteroatoms. The zero-order chi connectivity index (χ0) is 19.6. The van der Waals surface area contributed by atoms with Gasteiger partial charge in [-0.05, 0) is 44.5 Å². The van der Waals surface area contributed by atoms with Crippen molar-refractivity contribution in [3.05, 3.63) is 38.9 Å². The highest BCUT2D eigenvalue weighted by molar-refractivity contribution is 9.10. The number of aromatic nitrogens is 2. The summed E-state index contributed by atoms with van der Waals surface area (Å²) < 4.78 is 2.80. The lowest BCUT2D eigenvalue weighted by molar-refractivity contribution is 0.167. The molecule has 0 unspecified atom stereocenters. The summed E-state index contributed by atoms with van der Waals surface area (Å²) in [6.07, 6.45) is 2.09. The highest BCUT2D eigenvalue weighted by Crippen LogP contribution is 2.28. The predicted molar refractivity (Wildman–Crippen MR) is 115 cm³/mol. The van der Waals surface area contributed by atoms with Crippen molar-refractivity contribution in [3.63, 3.8) is 0 Å². The van der Waals surface area contributed by atoms with Crippen LogP contribution in [0.2, 0.25) is 0 Å². The van der Waals surface area contributed by atoms with Gasteiger partial charge in [0.25, 0.3) is 5.56 Å². The topological polar surface area (TPSA) is 41.4 Å². The molecule has 148 valence electrons. The van der Waals surface area contributed by atoms with E-state index in [1.165, 1.54) is 0 Å². The van der Waals surface area contributed by atoms with Crippen LogP contribution in [0.5, 0.6) is 0 Å². The van der Waals surface area contributed by atoms with Crippen molar-refractivity contribution < 1.29 is 0 Å². The molecule has 2 heterocycles. The summed E-state index contributed by atoms with van der Waals surface area (Å²) >= 11 is 3.48. The van der Waals surface area contributed by atoms with Crippen LogP contribution in [0.1, 0.15) is 45.5 Å². The van der Waals surface area contributed by atoms with Crippen molar-refractivity contribution in [2.75, 3.05) is 33.2 Å². The Hall–Kier alpha value is -1.24. The molecular formula is C21H31BrN4O. The summed E-state index contributed by atoms with van der Waals surface area (Å²) in [5, 5.41) is 0.689. The van der Waals surface area contributed by atoms with E-state index >= 15 is 0 Å². The Bertz CT molecular complexity index is 850. The number of fused-ring (bicyclic) bond motifs is 1. The molecule has 0 saturated carbocycles. The molecule has 1 aliphatic heterocycles. The monoisotopic (exact) mass is 434 g/mol. The number of benzene rings is 1.